The van der Waals surface area contributed by atoms with Crippen LogP contribution in [0.15, 0.2) is 29.3 Å². The molecule has 0 saturated carbocycles. The Morgan fingerprint density at radius 1 is 1.26 bits per heavy atom. The third-order valence-electron chi connectivity index (χ3n) is 4.74. The molecule has 5 nitrogen and oxygen atoms in total. The van der Waals surface area contributed by atoms with Gasteiger partial charge in [0.05, 0.1) is 13.1 Å². The Hall–Kier alpha value is -1.89. The Labute approximate surface area is 161 Å². The van der Waals surface area contributed by atoms with Crippen molar-refractivity contribution in [1.29, 1.82) is 0 Å². The number of hydrogen-bond acceptors (Lipinski definition) is 3. The lowest BCUT2D eigenvalue weighted by Crippen LogP contribution is -2.49. The number of hydrogen-bond donors (Lipinski definition) is 2. The van der Waals surface area contributed by atoms with Gasteiger partial charge in [-0.3, -0.25) is 9.89 Å². The SMILES string of the molecule is CN=C(NCCOc1ccccc1C(C)C)NC1CCN(CC(F)F)CC1. The van der Waals surface area contributed by atoms with Crippen LogP contribution in [0.5, 0.6) is 5.75 Å². The number of nitrogens with zero attached hydrogens (tertiary/aromatic N) is 2. The average molecular weight is 382 g/mol. The smallest absolute Gasteiger partial charge is 0.251 e. The van der Waals surface area contributed by atoms with E-state index in [0.717, 1.165) is 24.6 Å². The van der Waals surface area contributed by atoms with Crippen LogP contribution in [-0.4, -0.2) is 63.2 Å². The first-order valence-corrected chi connectivity index (χ1v) is 9.69. The highest BCUT2D eigenvalue weighted by molar-refractivity contribution is 5.79. The molecule has 27 heavy (non-hydrogen) atoms. The second-order valence-corrected chi connectivity index (χ2v) is 7.15. The van der Waals surface area contributed by atoms with E-state index >= 15 is 0 Å². The predicted octanol–water partition coefficient (Wildman–Crippen LogP) is 3.08. The number of benzene rings is 1. The van der Waals surface area contributed by atoms with Crippen LogP contribution >= 0.6 is 0 Å². The minimum Gasteiger partial charge on any atom is -0.491 e. The van der Waals surface area contributed by atoms with Gasteiger partial charge in [0.2, 0.25) is 0 Å². The summed E-state index contributed by atoms with van der Waals surface area (Å²) in [6, 6.07) is 8.35. The fourth-order valence-electron chi connectivity index (χ4n) is 3.26. The van der Waals surface area contributed by atoms with E-state index in [1.165, 1.54) is 5.56 Å². The summed E-state index contributed by atoms with van der Waals surface area (Å²) in [5.41, 5.74) is 1.20. The molecule has 1 heterocycles. The summed E-state index contributed by atoms with van der Waals surface area (Å²) in [5, 5.41) is 6.64. The molecular formula is C20H32F2N4O. The molecule has 1 saturated heterocycles. The molecule has 152 valence electrons. The van der Waals surface area contributed by atoms with Crippen molar-refractivity contribution in [2.75, 3.05) is 39.8 Å². The molecule has 2 N–H and O–H groups in total. The zero-order valence-corrected chi connectivity index (χ0v) is 16.5. The van der Waals surface area contributed by atoms with Crippen molar-refractivity contribution in [2.45, 2.75) is 45.1 Å². The molecule has 0 radical (unpaired) electrons. The largest absolute Gasteiger partial charge is 0.491 e. The third kappa shape index (κ3) is 7.33. The number of ether oxygens (including phenoxy) is 1. The van der Waals surface area contributed by atoms with Gasteiger partial charge >= 0.3 is 0 Å². The van der Waals surface area contributed by atoms with Gasteiger partial charge in [-0.25, -0.2) is 8.78 Å². The first-order chi connectivity index (χ1) is 13.0. The summed E-state index contributed by atoms with van der Waals surface area (Å²) in [7, 11) is 1.73. The summed E-state index contributed by atoms with van der Waals surface area (Å²) in [4.78, 5) is 6.06. The minimum absolute atomic E-state index is 0.130. The maximum Gasteiger partial charge on any atom is 0.251 e. The molecule has 0 spiro atoms. The van der Waals surface area contributed by atoms with Crippen molar-refractivity contribution in [1.82, 2.24) is 15.5 Å². The van der Waals surface area contributed by atoms with Crippen molar-refractivity contribution in [3.05, 3.63) is 29.8 Å². The van der Waals surface area contributed by atoms with Crippen molar-refractivity contribution in [2.24, 2.45) is 4.99 Å². The van der Waals surface area contributed by atoms with E-state index in [1.807, 2.05) is 23.1 Å². The van der Waals surface area contributed by atoms with Crippen LogP contribution in [0, 0.1) is 0 Å². The van der Waals surface area contributed by atoms with Gasteiger partial charge in [0.1, 0.15) is 12.4 Å². The summed E-state index contributed by atoms with van der Waals surface area (Å²) in [5.74, 6) is 2.06. The molecule has 0 unspecified atom stereocenters. The molecule has 1 aliphatic rings. The first-order valence-electron chi connectivity index (χ1n) is 9.69. The number of piperidine rings is 1. The fourth-order valence-corrected chi connectivity index (χ4v) is 3.26. The monoisotopic (exact) mass is 382 g/mol. The molecule has 0 bridgehead atoms. The molecule has 1 aromatic carbocycles. The summed E-state index contributed by atoms with van der Waals surface area (Å²) >= 11 is 0. The summed E-state index contributed by atoms with van der Waals surface area (Å²) < 4.78 is 30.8. The summed E-state index contributed by atoms with van der Waals surface area (Å²) in [6.07, 6.45) is -0.582. The lowest BCUT2D eigenvalue weighted by Gasteiger charge is -2.32. The van der Waals surface area contributed by atoms with Gasteiger partial charge < -0.3 is 15.4 Å². The number of aliphatic imine (C=N–C) groups is 1. The van der Waals surface area contributed by atoms with Crippen LogP contribution in [0.3, 0.4) is 0 Å². The average Bonchev–Trinajstić information content (AvgIpc) is 2.65. The number of guanidine groups is 1. The summed E-state index contributed by atoms with van der Waals surface area (Å²) in [6.45, 7) is 6.72. The van der Waals surface area contributed by atoms with Crippen molar-refractivity contribution >= 4 is 5.96 Å². The Kier molecular flexibility index (Phi) is 8.78. The van der Waals surface area contributed by atoms with Gasteiger partial charge in [0.15, 0.2) is 5.96 Å². The number of alkyl halides is 2. The molecule has 1 fully saturated rings. The number of halogens is 2. The van der Waals surface area contributed by atoms with E-state index in [0.29, 0.717) is 32.2 Å². The first kappa shape index (κ1) is 21.4. The van der Waals surface area contributed by atoms with Crippen LogP contribution in [0.25, 0.3) is 0 Å². The highest BCUT2D eigenvalue weighted by Crippen LogP contribution is 2.25. The van der Waals surface area contributed by atoms with E-state index in [-0.39, 0.29) is 12.6 Å². The Bertz CT molecular complexity index is 587. The van der Waals surface area contributed by atoms with E-state index in [4.69, 9.17) is 4.74 Å². The van der Waals surface area contributed by atoms with Gasteiger partial charge in [-0.15, -0.1) is 0 Å². The van der Waals surface area contributed by atoms with E-state index < -0.39 is 6.43 Å². The molecule has 2 rings (SSSR count). The molecule has 1 aliphatic heterocycles. The lowest BCUT2D eigenvalue weighted by atomic mass is 10.0. The standard InChI is InChI=1S/C20H32F2N4O/c1-15(2)17-6-4-5-7-18(17)27-13-10-24-20(23-3)25-16-8-11-26(12-9-16)14-19(21)22/h4-7,15-16,19H,8-14H2,1-3H3,(H2,23,24,25). The number of rotatable bonds is 8. The number of para-hydroxylation sites is 1. The Morgan fingerprint density at radius 3 is 2.59 bits per heavy atom. The fraction of sp³-hybridized carbons (Fsp3) is 0.650. The van der Waals surface area contributed by atoms with Crippen molar-refractivity contribution in [3.8, 4) is 5.75 Å². The highest BCUT2D eigenvalue weighted by Gasteiger charge is 2.21. The molecule has 0 aromatic heterocycles. The van der Waals surface area contributed by atoms with Gasteiger partial charge in [-0.1, -0.05) is 32.0 Å². The zero-order chi connectivity index (χ0) is 19.6. The maximum atomic E-state index is 12.4. The van der Waals surface area contributed by atoms with Crippen molar-refractivity contribution in [3.63, 3.8) is 0 Å². The van der Waals surface area contributed by atoms with Crippen molar-refractivity contribution < 1.29 is 13.5 Å². The topological polar surface area (TPSA) is 48.9 Å². The lowest BCUT2D eigenvalue weighted by molar-refractivity contribution is 0.0744. The van der Waals surface area contributed by atoms with E-state index in [2.05, 4.69) is 35.5 Å². The van der Waals surface area contributed by atoms with E-state index in [1.54, 1.807) is 7.05 Å². The molecule has 7 heteroatoms. The molecular weight excluding hydrogens is 350 g/mol. The van der Waals surface area contributed by atoms with Gasteiger partial charge in [0.25, 0.3) is 6.43 Å². The van der Waals surface area contributed by atoms with Crippen LogP contribution in [-0.2, 0) is 0 Å². The predicted molar refractivity (Wildman–Crippen MR) is 106 cm³/mol. The molecule has 0 amide bonds. The third-order valence-corrected chi connectivity index (χ3v) is 4.74. The Balaban J connectivity index is 1.69. The number of likely N-dealkylation sites (tertiary alicyclic amines) is 1. The minimum atomic E-state index is -2.26. The quantitative estimate of drug-likeness (QED) is 0.412. The van der Waals surface area contributed by atoms with Crippen LogP contribution < -0.4 is 15.4 Å². The maximum absolute atomic E-state index is 12.4. The zero-order valence-electron chi connectivity index (χ0n) is 16.5. The molecule has 1 aromatic rings. The second kappa shape index (κ2) is 11.1. The molecule has 0 atom stereocenters. The normalized spacial score (nSPS) is 16.8. The van der Waals surface area contributed by atoms with Crippen LogP contribution in [0.1, 0.15) is 38.2 Å². The highest BCUT2D eigenvalue weighted by atomic mass is 19.3. The Morgan fingerprint density at radius 2 is 1.96 bits per heavy atom. The van der Waals surface area contributed by atoms with Crippen LogP contribution in [0.4, 0.5) is 8.78 Å². The van der Waals surface area contributed by atoms with Gasteiger partial charge in [-0.2, -0.15) is 0 Å². The van der Waals surface area contributed by atoms with E-state index in [9.17, 15) is 8.78 Å². The van der Waals surface area contributed by atoms with Gasteiger partial charge in [-0.05, 0) is 30.4 Å². The molecule has 0 aliphatic carbocycles. The second-order valence-electron chi connectivity index (χ2n) is 7.15. The number of nitrogens with one attached hydrogen (secondary N) is 2. The van der Waals surface area contributed by atoms with Gasteiger partial charge in [0, 0.05) is 26.2 Å². The van der Waals surface area contributed by atoms with Crippen LogP contribution in [0.2, 0.25) is 0 Å².